The summed E-state index contributed by atoms with van der Waals surface area (Å²) in [6.45, 7) is 6.66. The molecule has 0 saturated carbocycles. The van der Waals surface area contributed by atoms with Gasteiger partial charge in [-0.2, -0.15) is 18.2 Å². The first-order valence-corrected chi connectivity index (χ1v) is 19.2. The van der Waals surface area contributed by atoms with Gasteiger partial charge in [-0.05, 0) is 68.4 Å². The maximum atomic E-state index is 6.60. The van der Waals surface area contributed by atoms with E-state index in [0.29, 0.717) is 11.5 Å². The number of fused-ring (bicyclic) bond motifs is 10. The molecular weight excluding hydrogens is 894 g/mol. The van der Waals surface area contributed by atoms with Crippen molar-refractivity contribution in [1.82, 2.24) is 19.1 Å². The summed E-state index contributed by atoms with van der Waals surface area (Å²) in [7, 11) is 0. The van der Waals surface area contributed by atoms with Crippen molar-refractivity contribution in [1.29, 1.82) is 0 Å². The first-order chi connectivity index (χ1) is 27.9. The maximum absolute atomic E-state index is 6.60. The predicted molar refractivity (Wildman–Crippen MR) is 226 cm³/mol. The molecule has 0 fully saturated rings. The topological polar surface area (TPSA) is 48.8 Å². The molecule has 1 aliphatic heterocycles. The number of aromatic nitrogens is 5. The number of nitrogens with zero attached hydrogens (tertiary/aromatic N) is 5. The van der Waals surface area contributed by atoms with Crippen LogP contribution in [0.3, 0.4) is 0 Å². The normalized spacial score (nSPS) is 11.9. The van der Waals surface area contributed by atoms with E-state index in [9.17, 15) is 0 Å². The third-order valence-corrected chi connectivity index (χ3v) is 11.0. The van der Waals surface area contributed by atoms with Crippen LogP contribution >= 0.6 is 0 Å². The molecule has 5 heterocycles. The van der Waals surface area contributed by atoms with E-state index in [1.807, 2.05) is 42.7 Å². The van der Waals surface area contributed by atoms with E-state index >= 15 is 0 Å². The van der Waals surface area contributed by atoms with Crippen molar-refractivity contribution >= 4 is 32.8 Å². The Kier molecular flexibility index (Phi) is 8.50. The molecule has 0 atom stereocenters. The van der Waals surface area contributed by atoms with Crippen molar-refractivity contribution in [2.45, 2.75) is 26.2 Å². The third kappa shape index (κ3) is 5.70. The molecule has 0 unspecified atom stereocenters. The van der Waals surface area contributed by atoms with Crippen LogP contribution in [-0.2, 0) is 26.5 Å². The van der Waals surface area contributed by atoms with Crippen LogP contribution in [0.15, 0.2) is 158 Å². The molecule has 0 N–H and O–H groups in total. The van der Waals surface area contributed by atoms with Crippen molar-refractivity contribution in [2.75, 3.05) is 0 Å². The first kappa shape index (κ1) is 35.8. The van der Waals surface area contributed by atoms with E-state index in [1.165, 1.54) is 16.7 Å². The smallest absolute Gasteiger partial charge is 0.210 e. The largest absolute Gasteiger partial charge is 0.510 e. The Morgan fingerprint density at radius 2 is 1.22 bits per heavy atom. The Bertz CT molecular complexity index is 3230. The summed E-state index contributed by atoms with van der Waals surface area (Å²) in [6.07, 6.45) is 7.44. The predicted octanol–water partition coefficient (Wildman–Crippen LogP) is 11.6. The van der Waals surface area contributed by atoms with Gasteiger partial charge in [0.2, 0.25) is 5.82 Å². The van der Waals surface area contributed by atoms with E-state index in [0.717, 1.165) is 72.4 Å². The number of hydrogen-bond donors (Lipinski definition) is 0. The fourth-order valence-corrected chi connectivity index (χ4v) is 8.32. The van der Waals surface area contributed by atoms with Gasteiger partial charge in [-0.3, -0.25) is 4.57 Å². The molecular formula is C51H35N5OPt-2. The minimum absolute atomic E-state index is 0. The number of imidazole rings is 1. The Balaban J connectivity index is 0.00000408. The van der Waals surface area contributed by atoms with Gasteiger partial charge in [-0.25, -0.2) is 4.98 Å². The van der Waals surface area contributed by atoms with Gasteiger partial charge in [0.1, 0.15) is 5.82 Å². The van der Waals surface area contributed by atoms with Gasteiger partial charge >= 0.3 is 0 Å². The summed E-state index contributed by atoms with van der Waals surface area (Å²) in [4.78, 5) is 9.82. The Morgan fingerprint density at radius 1 is 0.569 bits per heavy atom. The molecule has 282 valence electrons. The monoisotopic (exact) mass is 928 g/mol. The standard InChI is InChI=1S/C51H35N5O.Pt/c1-51(2,3)33-26-28-52-48(29-33)56-45-22-9-8-19-41(45)42-25-24-36(31-47(42)56)57-35-14-10-13-34(30-35)54-32-55-49-43(20-11-23-46(49)54)39-17-6-4-15-37(39)38-16-5-7-18-40(38)44-21-12-27-53-50(44)55;/h4-29H,1-3H3;/q-2;. The Labute approximate surface area is 350 Å². The zero-order valence-electron chi connectivity index (χ0n) is 32.0. The molecule has 0 radical (unpaired) electrons. The summed E-state index contributed by atoms with van der Waals surface area (Å²) in [5, 5.41) is 2.22. The number of benzene rings is 6. The van der Waals surface area contributed by atoms with Gasteiger partial charge in [0.25, 0.3) is 0 Å². The fourth-order valence-electron chi connectivity index (χ4n) is 8.32. The van der Waals surface area contributed by atoms with Crippen LogP contribution in [0.4, 0.5) is 0 Å². The van der Waals surface area contributed by atoms with E-state index in [1.54, 1.807) is 0 Å². The van der Waals surface area contributed by atoms with Crippen molar-refractivity contribution in [3.63, 3.8) is 0 Å². The van der Waals surface area contributed by atoms with Gasteiger partial charge in [0.05, 0.1) is 11.7 Å². The van der Waals surface area contributed by atoms with Crippen LogP contribution in [-0.4, -0.2) is 19.1 Å². The van der Waals surface area contributed by atoms with Crippen molar-refractivity contribution in [2.24, 2.45) is 0 Å². The van der Waals surface area contributed by atoms with Crippen molar-refractivity contribution in [3.8, 4) is 62.2 Å². The average molecular weight is 929 g/mol. The second-order valence-electron chi connectivity index (χ2n) is 15.5. The summed E-state index contributed by atoms with van der Waals surface area (Å²) in [6, 6.07) is 57.7. The van der Waals surface area contributed by atoms with Crippen molar-refractivity contribution in [3.05, 3.63) is 182 Å². The van der Waals surface area contributed by atoms with Crippen LogP contribution in [0.1, 0.15) is 26.3 Å². The second-order valence-corrected chi connectivity index (χ2v) is 15.5. The zero-order chi connectivity index (χ0) is 38.3. The van der Waals surface area contributed by atoms with E-state index < -0.39 is 0 Å². The number of pyridine rings is 2. The first-order valence-electron chi connectivity index (χ1n) is 19.2. The van der Waals surface area contributed by atoms with Gasteiger partial charge in [0.15, 0.2) is 6.33 Å². The van der Waals surface area contributed by atoms with Crippen LogP contribution in [0.25, 0.3) is 83.5 Å². The third-order valence-electron chi connectivity index (χ3n) is 11.0. The Morgan fingerprint density at radius 3 is 2.02 bits per heavy atom. The molecule has 0 saturated heterocycles. The molecule has 0 bridgehead atoms. The Hall–Kier alpha value is -6.62. The molecule has 6 nitrogen and oxygen atoms in total. The summed E-state index contributed by atoms with van der Waals surface area (Å²) < 4.78 is 12.9. The van der Waals surface area contributed by atoms with E-state index in [2.05, 4.69) is 168 Å². The number of para-hydroxylation sites is 2. The summed E-state index contributed by atoms with van der Waals surface area (Å²) >= 11 is 0. The maximum Gasteiger partial charge on any atom is 0.210 e. The molecule has 58 heavy (non-hydrogen) atoms. The molecule has 4 aromatic heterocycles. The number of ether oxygens (including phenoxy) is 1. The minimum Gasteiger partial charge on any atom is -0.510 e. The molecule has 1 aliphatic rings. The van der Waals surface area contributed by atoms with E-state index in [4.69, 9.17) is 14.7 Å². The number of rotatable bonds is 4. The van der Waals surface area contributed by atoms with Crippen LogP contribution < -0.4 is 9.30 Å². The summed E-state index contributed by atoms with van der Waals surface area (Å²) in [5.74, 6) is 2.80. The zero-order valence-corrected chi connectivity index (χ0v) is 34.2. The molecule has 7 heteroatoms. The molecule has 10 aromatic rings. The quantitative estimate of drug-likeness (QED) is 0.131. The molecule has 0 amide bonds. The molecule has 0 spiro atoms. The molecule has 6 aromatic carbocycles. The van der Waals surface area contributed by atoms with Crippen LogP contribution in [0.2, 0.25) is 0 Å². The number of hydrogen-bond acceptors (Lipinski definition) is 3. The van der Waals surface area contributed by atoms with Gasteiger partial charge < -0.3 is 13.9 Å². The molecule has 0 aliphatic carbocycles. The van der Waals surface area contributed by atoms with Gasteiger partial charge in [-0.1, -0.05) is 123 Å². The summed E-state index contributed by atoms with van der Waals surface area (Å²) in [5.41, 5.74) is 12.7. The SMILES string of the molecule is CC(C)(C)c1ccnc(-n2c3[c-]c(Oc4[c-]c(-n5[c-][n+]6c7c(cccc75)-c5ccccc5-c5ccccc5-c5cccnc5-6)ccc4)ccc3c3ccccc32)c1.[Pt]. The second kappa shape index (κ2) is 13.8. The molecule has 11 rings (SSSR count). The van der Waals surface area contributed by atoms with Gasteiger partial charge in [-0.15, -0.1) is 34.6 Å². The van der Waals surface area contributed by atoms with Crippen molar-refractivity contribution < 1.29 is 30.4 Å². The average Bonchev–Trinajstić information content (AvgIpc) is 3.80. The van der Waals surface area contributed by atoms with E-state index in [-0.39, 0.29) is 26.5 Å². The minimum atomic E-state index is -0.0239. The van der Waals surface area contributed by atoms with Crippen LogP contribution in [0, 0.1) is 18.5 Å². The fraction of sp³-hybridized carbons (Fsp3) is 0.0784. The van der Waals surface area contributed by atoms with Crippen LogP contribution in [0.5, 0.6) is 11.5 Å². The van der Waals surface area contributed by atoms with Gasteiger partial charge in [0, 0.05) is 55.4 Å².